The van der Waals surface area contributed by atoms with Crippen LogP contribution < -0.4 is 11.1 Å². The summed E-state index contributed by atoms with van der Waals surface area (Å²) in [5.74, 6) is -4.45. The predicted octanol–water partition coefficient (Wildman–Crippen LogP) is 3.04. The maximum absolute atomic E-state index is 14.3. The molecule has 2 rings (SSSR count). The zero-order valence-electron chi connectivity index (χ0n) is 17.6. The first-order valence-electron chi connectivity index (χ1n) is 9.79. The highest BCUT2D eigenvalue weighted by molar-refractivity contribution is 5.99. The molecule has 0 aliphatic carbocycles. The monoisotopic (exact) mass is 422 g/mol. The molecule has 0 aliphatic heterocycles. The number of carbonyl (C=O) groups excluding carboxylic acids is 2. The summed E-state index contributed by atoms with van der Waals surface area (Å²) in [6.45, 7) is 7.22. The number of alkyl halides is 2. The largest absolute Gasteiger partial charge is 0.344 e. The summed E-state index contributed by atoms with van der Waals surface area (Å²) in [5.41, 5.74) is 5.71. The molecule has 164 valence electrons. The highest BCUT2D eigenvalue weighted by Crippen LogP contribution is 2.25. The molecule has 0 aliphatic rings. The Hall–Kier alpha value is -2.68. The first-order chi connectivity index (χ1) is 13.9. The van der Waals surface area contributed by atoms with Gasteiger partial charge in [0.25, 0.3) is 5.92 Å². The average molecular weight is 422 g/mol. The third kappa shape index (κ3) is 6.41. The van der Waals surface area contributed by atoms with Gasteiger partial charge in [0.2, 0.25) is 23.4 Å². The molecule has 1 amide bonds. The van der Waals surface area contributed by atoms with Gasteiger partial charge >= 0.3 is 0 Å². The molecule has 1 aromatic carbocycles. The van der Waals surface area contributed by atoms with Gasteiger partial charge in [0.15, 0.2) is 0 Å². The van der Waals surface area contributed by atoms with Crippen molar-refractivity contribution < 1.29 is 22.9 Å². The van der Waals surface area contributed by atoms with Crippen molar-refractivity contribution in [1.29, 1.82) is 0 Å². The Morgan fingerprint density at radius 1 is 1.20 bits per heavy atom. The fourth-order valence-electron chi connectivity index (χ4n) is 2.80. The van der Waals surface area contributed by atoms with E-state index in [1.807, 2.05) is 20.8 Å². The number of carbonyl (C=O) groups is 2. The minimum absolute atomic E-state index is 0.171. The Morgan fingerprint density at radius 2 is 1.83 bits per heavy atom. The van der Waals surface area contributed by atoms with E-state index in [-0.39, 0.29) is 18.1 Å². The van der Waals surface area contributed by atoms with Gasteiger partial charge in [-0.3, -0.25) is 9.59 Å². The second-order valence-electron chi connectivity index (χ2n) is 8.34. The average Bonchev–Trinajstić information content (AvgIpc) is 3.16. The molecule has 1 heterocycles. The van der Waals surface area contributed by atoms with E-state index < -0.39 is 48.0 Å². The lowest BCUT2D eigenvalue weighted by molar-refractivity contribution is -0.125. The van der Waals surface area contributed by atoms with Crippen LogP contribution in [-0.4, -0.2) is 39.8 Å². The van der Waals surface area contributed by atoms with Gasteiger partial charge in [-0.25, -0.2) is 8.78 Å². The van der Waals surface area contributed by atoms with Crippen LogP contribution in [0, 0.1) is 0 Å². The first-order valence-corrected chi connectivity index (χ1v) is 9.79. The minimum Gasteiger partial charge on any atom is -0.344 e. The van der Waals surface area contributed by atoms with Crippen LogP contribution in [-0.2, 0) is 16.6 Å². The lowest BCUT2D eigenvalue weighted by Gasteiger charge is -2.22. The smallest absolute Gasteiger partial charge is 0.254 e. The van der Waals surface area contributed by atoms with Crippen LogP contribution in [0.5, 0.6) is 0 Å². The number of amides is 1. The Balaban J connectivity index is 1.99. The lowest BCUT2D eigenvalue weighted by atomic mass is 9.97. The zero-order valence-corrected chi connectivity index (χ0v) is 17.6. The second-order valence-corrected chi connectivity index (χ2v) is 8.34. The molecule has 3 N–H and O–H groups in total. The van der Waals surface area contributed by atoms with E-state index in [1.165, 1.54) is 0 Å². The van der Waals surface area contributed by atoms with Gasteiger partial charge in [0, 0.05) is 18.3 Å². The first kappa shape index (κ1) is 23.6. The van der Waals surface area contributed by atoms with Crippen molar-refractivity contribution in [2.75, 3.05) is 0 Å². The van der Waals surface area contributed by atoms with E-state index in [2.05, 4.69) is 15.5 Å². The summed E-state index contributed by atoms with van der Waals surface area (Å²) in [6.07, 6.45) is -1.14. The zero-order chi connectivity index (χ0) is 22.5. The van der Waals surface area contributed by atoms with Gasteiger partial charge in [-0.2, -0.15) is 4.98 Å². The number of aromatic nitrogens is 2. The van der Waals surface area contributed by atoms with Gasteiger partial charge in [-0.15, -0.1) is 0 Å². The van der Waals surface area contributed by atoms with E-state index in [0.717, 1.165) is 0 Å². The predicted molar refractivity (Wildman–Crippen MR) is 107 cm³/mol. The number of Topliss-reactive ketones (excluding diaryl/α,β-unsaturated/α-hetero) is 1. The SMILES string of the molecule is CCC(NC(=O)[C@@H](N)CC(F)(F)Cc1ccccc1)C(=O)c1noc(C(C)(C)C)n1. The highest BCUT2D eigenvalue weighted by Gasteiger charge is 2.36. The standard InChI is InChI=1S/C21H28F2N4O3/c1-5-15(16(28)17-26-19(30-27-17)20(2,3)4)25-18(29)14(24)12-21(22,23)11-13-9-7-6-8-10-13/h6-10,14-15H,5,11-12,24H2,1-4H3,(H,25,29)/t14-,15?/m0/s1. The number of benzene rings is 1. The van der Waals surface area contributed by atoms with E-state index in [1.54, 1.807) is 37.3 Å². The van der Waals surface area contributed by atoms with E-state index in [9.17, 15) is 18.4 Å². The van der Waals surface area contributed by atoms with E-state index in [4.69, 9.17) is 10.3 Å². The molecule has 1 aromatic heterocycles. The van der Waals surface area contributed by atoms with Gasteiger partial charge < -0.3 is 15.6 Å². The summed E-state index contributed by atoms with van der Waals surface area (Å²) in [6, 6.07) is 5.77. The maximum atomic E-state index is 14.3. The number of hydrogen-bond acceptors (Lipinski definition) is 6. The van der Waals surface area contributed by atoms with Gasteiger partial charge in [0.1, 0.15) is 0 Å². The molecule has 0 bridgehead atoms. The van der Waals surface area contributed by atoms with Crippen LogP contribution in [0.3, 0.4) is 0 Å². The highest BCUT2D eigenvalue weighted by atomic mass is 19.3. The van der Waals surface area contributed by atoms with Crippen molar-refractivity contribution in [3.8, 4) is 0 Å². The fraction of sp³-hybridized carbons (Fsp3) is 0.524. The molecule has 9 heteroatoms. The molecule has 2 atom stereocenters. The van der Waals surface area contributed by atoms with Crippen LogP contribution in [0.15, 0.2) is 34.9 Å². The minimum atomic E-state index is -3.17. The Bertz CT molecular complexity index is 863. The van der Waals surface area contributed by atoms with Crippen molar-refractivity contribution in [1.82, 2.24) is 15.5 Å². The van der Waals surface area contributed by atoms with E-state index >= 15 is 0 Å². The Labute approximate surface area is 174 Å². The van der Waals surface area contributed by atoms with E-state index in [0.29, 0.717) is 5.56 Å². The number of nitrogens with one attached hydrogen (secondary N) is 1. The molecule has 0 spiro atoms. The summed E-state index contributed by atoms with van der Waals surface area (Å²) in [7, 11) is 0. The third-order valence-electron chi connectivity index (χ3n) is 4.49. The Morgan fingerprint density at radius 3 is 2.37 bits per heavy atom. The van der Waals surface area contributed by atoms with Crippen molar-refractivity contribution in [3.63, 3.8) is 0 Å². The number of nitrogens with zero attached hydrogens (tertiary/aromatic N) is 2. The number of rotatable bonds is 9. The maximum Gasteiger partial charge on any atom is 0.254 e. The Kier molecular flexibility index (Phi) is 7.41. The van der Waals surface area contributed by atoms with Crippen molar-refractivity contribution in [2.45, 2.75) is 70.4 Å². The quantitative estimate of drug-likeness (QED) is 0.601. The molecule has 1 unspecified atom stereocenters. The number of nitrogens with two attached hydrogens (primary N) is 1. The molecular weight excluding hydrogens is 394 g/mol. The van der Waals surface area contributed by atoms with Crippen LogP contribution in [0.2, 0.25) is 0 Å². The topological polar surface area (TPSA) is 111 Å². The molecule has 0 fully saturated rings. The lowest BCUT2D eigenvalue weighted by Crippen LogP contribution is -2.50. The number of halogens is 2. The fourth-order valence-corrected chi connectivity index (χ4v) is 2.80. The van der Waals surface area contributed by atoms with Crippen molar-refractivity contribution >= 4 is 11.7 Å². The molecule has 0 saturated carbocycles. The molecule has 0 saturated heterocycles. The molecule has 7 nitrogen and oxygen atoms in total. The number of ketones is 1. The van der Waals surface area contributed by atoms with Crippen molar-refractivity contribution in [2.24, 2.45) is 5.73 Å². The van der Waals surface area contributed by atoms with Gasteiger partial charge in [0.05, 0.1) is 12.1 Å². The summed E-state index contributed by atoms with van der Waals surface area (Å²) in [5, 5.41) is 6.10. The molecule has 30 heavy (non-hydrogen) atoms. The van der Waals surface area contributed by atoms with Crippen LogP contribution in [0.4, 0.5) is 8.78 Å². The summed E-state index contributed by atoms with van der Waals surface area (Å²) < 4.78 is 33.7. The second kappa shape index (κ2) is 9.42. The van der Waals surface area contributed by atoms with Crippen LogP contribution >= 0.6 is 0 Å². The van der Waals surface area contributed by atoms with Crippen LogP contribution in [0.1, 0.15) is 62.6 Å². The van der Waals surface area contributed by atoms with Gasteiger partial charge in [-0.1, -0.05) is 63.2 Å². The molecular formula is C21H28F2N4O3. The summed E-state index contributed by atoms with van der Waals surface area (Å²) in [4.78, 5) is 29.0. The number of hydrogen-bond donors (Lipinski definition) is 2. The van der Waals surface area contributed by atoms with Crippen LogP contribution in [0.25, 0.3) is 0 Å². The third-order valence-corrected chi connectivity index (χ3v) is 4.49. The normalized spacial score (nSPS) is 14.2. The van der Waals surface area contributed by atoms with Gasteiger partial charge in [-0.05, 0) is 12.0 Å². The molecule has 0 radical (unpaired) electrons. The summed E-state index contributed by atoms with van der Waals surface area (Å²) >= 11 is 0. The molecule has 2 aromatic rings. The van der Waals surface area contributed by atoms with Crippen molar-refractivity contribution in [3.05, 3.63) is 47.6 Å².